The highest BCUT2D eigenvalue weighted by molar-refractivity contribution is 5.86. The Labute approximate surface area is 171 Å². The van der Waals surface area contributed by atoms with E-state index in [0.717, 1.165) is 19.6 Å². The Bertz CT molecular complexity index is 487. The number of imidazole rings is 1. The van der Waals surface area contributed by atoms with Gasteiger partial charge in [0.05, 0.1) is 5.69 Å². The standard InChI is InChI=1S/C18H32N4.3ClH/c1-18(2,3)16-14-22(13-12-21-10-4-5-11-21)17(20-16)15-6-8-19-9-7-15;;;/h14-15,19H,4-13H2,1-3H3;3*1H. The molecule has 0 unspecified atom stereocenters. The van der Waals surface area contributed by atoms with Crippen LogP contribution < -0.4 is 5.32 Å². The van der Waals surface area contributed by atoms with Gasteiger partial charge < -0.3 is 14.8 Å². The molecule has 0 amide bonds. The van der Waals surface area contributed by atoms with Crippen molar-refractivity contribution >= 4 is 37.2 Å². The van der Waals surface area contributed by atoms with Gasteiger partial charge in [0.15, 0.2) is 0 Å². The molecule has 1 aromatic heterocycles. The minimum atomic E-state index is 0. The van der Waals surface area contributed by atoms with Gasteiger partial charge in [0.25, 0.3) is 0 Å². The van der Waals surface area contributed by atoms with Crippen molar-refractivity contribution in [2.24, 2.45) is 0 Å². The average molecular weight is 414 g/mol. The van der Waals surface area contributed by atoms with Gasteiger partial charge >= 0.3 is 0 Å². The van der Waals surface area contributed by atoms with E-state index in [1.165, 1.54) is 56.8 Å². The van der Waals surface area contributed by atoms with Gasteiger partial charge in [-0.2, -0.15) is 0 Å². The van der Waals surface area contributed by atoms with E-state index in [-0.39, 0.29) is 42.6 Å². The summed E-state index contributed by atoms with van der Waals surface area (Å²) in [6.45, 7) is 13.9. The first-order valence-electron chi connectivity index (χ1n) is 9.04. The molecular weight excluding hydrogens is 379 g/mol. The van der Waals surface area contributed by atoms with Crippen LogP contribution in [0, 0.1) is 0 Å². The zero-order chi connectivity index (χ0) is 15.6. The quantitative estimate of drug-likeness (QED) is 0.809. The van der Waals surface area contributed by atoms with E-state index >= 15 is 0 Å². The lowest BCUT2D eigenvalue weighted by Gasteiger charge is -2.24. The Balaban J connectivity index is 0.00000192. The molecule has 1 aromatic rings. The largest absolute Gasteiger partial charge is 0.333 e. The summed E-state index contributed by atoms with van der Waals surface area (Å²) in [5.41, 5.74) is 1.39. The zero-order valence-electron chi connectivity index (χ0n) is 15.8. The van der Waals surface area contributed by atoms with Crippen LogP contribution in [0.3, 0.4) is 0 Å². The number of hydrogen-bond donors (Lipinski definition) is 1. The summed E-state index contributed by atoms with van der Waals surface area (Å²) in [4.78, 5) is 7.67. The second kappa shape index (κ2) is 11.0. The monoisotopic (exact) mass is 412 g/mol. The van der Waals surface area contributed by atoms with Crippen molar-refractivity contribution in [3.8, 4) is 0 Å². The molecule has 1 N–H and O–H groups in total. The van der Waals surface area contributed by atoms with Crippen molar-refractivity contribution < 1.29 is 0 Å². The molecule has 2 aliphatic rings. The smallest absolute Gasteiger partial charge is 0.112 e. The molecule has 0 saturated carbocycles. The maximum atomic E-state index is 5.07. The third-order valence-corrected chi connectivity index (χ3v) is 5.14. The highest BCUT2D eigenvalue weighted by Gasteiger charge is 2.25. The normalized spacial score (nSPS) is 19.0. The highest BCUT2D eigenvalue weighted by Crippen LogP contribution is 2.29. The number of hydrogen-bond acceptors (Lipinski definition) is 3. The Morgan fingerprint density at radius 2 is 1.64 bits per heavy atom. The van der Waals surface area contributed by atoms with Crippen LogP contribution in [0.4, 0.5) is 0 Å². The lowest BCUT2D eigenvalue weighted by molar-refractivity contribution is 0.316. The van der Waals surface area contributed by atoms with E-state index in [2.05, 4.69) is 41.8 Å². The molecule has 0 atom stereocenters. The second-order valence-corrected chi connectivity index (χ2v) is 8.00. The van der Waals surface area contributed by atoms with Crippen LogP contribution in [-0.2, 0) is 12.0 Å². The van der Waals surface area contributed by atoms with Gasteiger partial charge in [-0.3, -0.25) is 0 Å². The van der Waals surface area contributed by atoms with E-state index in [4.69, 9.17) is 4.98 Å². The highest BCUT2D eigenvalue weighted by atomic mass is 35.5. The van der Waals surface area contributed by atoms with Gasteiger partial charge in [-0.1, -0.05) is 20.8 Å². The fourth-order valence-electron chi connectivity index (χ4n) is 3.63. The fraction of sp³-hybridized carbons (Fsp3) is 0.833. The van der Waals surface area contributed by atoms with Crippen molar-refractivity contribution in [1.29, 1.82) is 0 Å². The van der Waals surface area contributed by atoms with Crippen LogP contribution in [0.25, 0.3) is 0 Å². The van der Waals surface area contributed by atoms with Crippen LogP contribution >= 0.6 is 37.2 Å². The summed E-state index contributed by atoms with van der Waals surface area (Å²) in [5.74, 6) is 1.97. The molecule has 0 spiro atoms. The van der Waals surface area contributed by atoms with Crippen LogP contribution in [0.2, 0.25) is 0 Å². The van der Waals surface area contributed by atoms with Crippen LogP contribution in [0.1, 0.15) is 63.9 Å². The minimum absolute atomic E-state index is 0. The van der Waals surface area contributed by atoms with Crippen molar-refractivity contribution in [3.05, 3.63) is 17.7 Å². The number of nitrogens with one attached hydrogen (secondary N) is 1. The summed E-state index contributed by atoms with van der Waals surface area (Å²) >= 11 is 0. The maximum absolute atomic E-state index is 5.07. The van der Waals surface area contributed by atoms with E-state index in [1.807, 2.05) is 0 Å². The lowest BCUT2D eigenvalue weighted by Crippen LogP contribution is -2.29. The van der Waals surface area contributed by atoms with Crippen LogP contribution in [-0.4, -0.2) is 47.2 Å². The number of nitrogens with zero attached hydrogens (tertiary/aromatic N) is 3. The number of aromatic nitrogens is 2. The van der Waals surface area contributed by atoms with Gasteiger partial charge in [0.2, 0.25) is 0 Å². The maximum Gasteiger partial charge on any atom is 0.112 e. The molecular formula is C18H35Cl3N4. The summed E-state index contributed by atoms with van der Waals surface area (Å²) in [5, 5.41) is 3.47. The Morgan fingerprint density at radius 1 is 1.04 bits per heavy atom. The molecule has 7 heteroatoms. The van der Waals surface area contributed by atoms with Gasteiger partial charge in [-0.25, -0.2) is 4.98 Å². The van der Waals surface area contributed by atoms with E-state index < -0.39 is 0 Å². The van der Waals surface area contributed by atoms with Crippen molar-refractivity contribution in [2.75, 3.05) is 32.7 Å². The summed E-state index contributed by atoms with van der Waals surface area (Å²) in [6.07, 6.45) is 7.53. The Kier molecular flexibility index (Phi) is 11.0. The van der Waals surface area contributed by atoms with Gasteiger partial charge in [-0.05, 0) is 51.9 Å². The predicted molar refractivity (Wildman–Crippen MR) is 113 cm³/mol. The van der Waals surface area contributed by atoms with Crippen molar-refractivity contribution in [1.82, 2.24) is 19.8 Å². The molecule has 2 saturated heterocycles. The first kappa shape index (κ1) is 25.0. The van der Waals surface area contributed by atoms with Gasteiger partial charge in [0.1, 0.15) is 5.82 Å². The van der Waals surface area contributed by atoms with Crippen molar-refractivity contribution in [2.45, 2.75) is 64.3 Å². The number of likely N-dealkylation sites (tertiary alicyclic amines) is 1. The van der Waals surface area contributed by atoms with E-state index in [9.17, 15) is 0 Å². The molecule has 0 radical (unpaired) electrons. The fourth-order valence-corrected chi connectivity index (χ4v) is 3.63. The second-order valence-electron chi connectivity index (χ2n) is 8.00. The molecule has 25 heavy (non-hydrogen) atoms. The minimum Gasteiger partial charge on any atom is -0.333 e. The third-order valence-electron chi connectivity index (χ3n) is 5.14. The average Bonchev–Trinajstić information content (AvgIpc) is 3.15. The topological polar surface area (TPSA) is 33.1 Å². The number of halogens is 3. The summed E-state index contributed by atoms with van der Waals surface area (Å²) in [6, 6.07) is 0. The molecule has 148 valence electrons. The van der Waals surface area contributed by atoms with E-state index in [0.29, 0.717) is 5.92 Å². The third kappa shape index (κ3) is 6.59. The SMILES string of the molecule is CC(C)(C)c1cn(CCN2CCCC2)c(C2CCNCC2)n1.Cl.Cl.Cl. The number of rotatable bonds is 4. The van der Waals surface area contributed by atoms with Gasteiger partial charge in [0, 0.05) is 30.6 Å². The Hall–Kier alpha value is -0.000000000000000111. The van der Waals surface area contributed by atoms with Crippen molar-refractivity contribution in [3.63, 3.8) is 0 Å². The lowest BCUT2D eigenvalue weighted by atomic mass is 9.93. The first-order valence-corrected chi connectivity index (χ1v) is 9.04. The van der Waals surface area contributed by atoms with Crippen LogP contribution in [0.5, 0.6) is 0 Å². The molecule has 3 heterocycles. The number of piperidine rings is 1. The molecule has 0 bridgehead atoms. The van der Waals surface area contributed by atoms with E-state index in [1.54, 1.807) is 0 Å². The Morgan fingerprint density at radius 3 is 2.20 bits per heavy atom. The zero-order valence-corrected chi connectivity index (χ0v) is 18.2. The van der Waals surface area contributed by atoms with Crippen LogP contribution in [0.15, 0.2) is 6.20 Å². The molecule has 3 rings (SSSR count). The molecule has 2 aliphatic heterocycles. The molecule has 2 fully saturated rings. The molecule has 0 aliphatic carbocycles. The predicted octanol–water partition coefficient (Wildman–Crippen LogP) is 4.01. The summed E-state index contributed by atoms with van der Waals surface area (Å²) < 4.78 is 2.47. The first-order chi connectivity index (χ1) is 10.5. The molecule has 0 aromatic carbocycles. The summed E-state index contributed by atoms with van der Waals surface area (Å²) in [7, 11) is 0. The molecule has 4 nitrogen and oxygen atoms in total. The van der Waals surface area contributed by atoms with Gasteiger partial charge in [-0.15, -0.1) is 37.2 Å².